The van der Waals surface area contributed by atoms with Crippen LogP contribution in [0.25, 0.3) is 26.0 Å². The molecule has 130 valence electrons. The van der Waals surface area contributed by atoms with Gasteiger partial charge in [-0.2, -0.15) is 0 Å². The van der Waals surface area contributed by atoms with Crippen molar-refractivity contribution >= 4 is 60.1 Å². The molecule has 1 aliphatic heterocycles. The molecule has 0 bridgehead atoms. The fourth-order valence-electron chi connectivity index (χ4n) is 3.28. The first-order chi connectivity index (χ1) is 12.9. The molecule has 4 nitrogen and oxygen atoms in total. The van der Waals surface area contributed by atoms with Gasteiger partial charge in [0.05, 0.1) is 21.4 Å². The zero-order valence-electron chi connectivity index (χ0n) is 14.2. The standard InChI is InChI=1S/C20H18N4S2/c1-2-7-21-11-13(3-1)19-10-15-16(6-8-22-20(15)26-19)24-14-4-5-18-17(9-14)23-12-25-18/h3-6,8-10,12,21H,1-2,7,11H2,(H,22,24). The van der Waals surface area contributed by atoms with Crippen molar-refractivity contribution in [2.24, 2.45) is 0 Å². The molecule has 4 heterocycles. The number of pyridine rings is 1. The van der Waals surface area contributed by atoms with E-state index in [9.17, 15) is 0 Å². The van der Waals surface area contributed by atoms with E-state index in [2.05, 4.69) is 50.9 Å². The van der Waals surface area contributed by atoms with E-state index in [-0.39, 0.29) is 0 Å². The van der Waals surface area contributed by atoms with Gasteiger partial charge in [-0.25, -0.2) is 9.97 Å². The minimum Gasteiger partial charge on any atom is -0.355 e. The average Bonchev–Trinajstić information content (AvgIpc) is 3.21. The van der Waals surface area contributed by atoms with E-state index in [4.69, 9.17) is 0 Å². The van der Waals surface area contributed by atoms with E-state index >= 15 is 0 Å². The molecule has 0 aliphatic carbocycles. The Labute approximate surface area is 159 Å². The van der Waals surface area contributed by atoms with Crippen LogP contribution in [0.5, 0.6) is 0 Å². The zero-order valence-corrected chi connectivity index (χ0v) is 15.8. The lowest BCUT2D eigenvalue weighted by Crippen LogP contribution is -2.15. The molecule has 4 aromatic rings. The van der Waals surface area contributed by atoms with E-state index in [0.29, 0.717) is 0 Å². The topological polar surface area (TPSA) is 49.8 Å². The van der Waals surface area contributed by atoms with Crippen LogP contribution in [0.15, 0.2) is 48.1 Å². The average molecular weight is 379 g/mol. The van der Waals surface area contributed by atoms with Gasteiger partial charge in [0.1, 0.15) is 4.83 Å². The lowest BCUT2D eigenvalue weighted by atomic mass is 10.1. The molecule has 1 aliphatic rings. The van der Waals surface area contributed by atoms with Crippen LogP contribution in [0.1, 0.15) is 17.7 Å². The number of hydrogen-bond acceptors (Lipinski definition) is 6. The van der Waals surface area contributed by atoms with E-state index in [1.807, 2.05) is 17.8 Å². The Hall–Kier alpha value is -2.28. The van der Waals surface area contributed by atoms with Crippen molar-refractivity contribution in [1.29, 1.82) is 0 Å². The summed E-state index contributed by atoms with van der Waals surface area (Å²) in [6.07, 6.45) is 6.60. The molecule has 1 aromatic carbocycles. The first kappa shape index (κ1) is 15.9. The molecule has 0 fully saturated rings. The molecule has 3 aromatic heterocycles. The summed E-state index contributed by atoms with van der Waals surface area (Å²) < 4.78 is 1.21. The number of nitrogens with zero attached hydrogens (tertiary/aromatic N) is 2. The van der Waals surface area contributed by atoms with Crippen LogP contribution in [0.3, 0.4) is 0 Å². The molecule has 5 rings (SSSR count). The summed E-state index contributed by atoms with van der Waals surface area (Å²) in [6.45, 7) is 2.03. The number of thiazole rings is 1. The van der Waals surface area contributed by atoms with Crippen LogP contribution in [0.4, 0.5) is 11.4 Å². The Morgan fingerprint density at radius 2 is 2.12 bits per heavy atom. The van der Waals surface area contributed by atoms with Gasteiger partial charge in [-0.1, -0.05) is 6.08 Å². The van der Waals surface area contributed by atoms with Crippen molar-refractivity contribution in [2.75, 3.05) is 18.4 Å². The van der Waals surface area contributed by atoms with Crippen molar-refractivity contribution in [1.82, 2.24) is 15.3 Å². The number of hydrogen-bond donors (Lipinski definition) is 2. The number of fused-ring (bicyclic) bond motifs is 2. The molecule has 2 N–H and O–H groups in total. The van der Waals surface area contributed by atoms with E-state index in [1.165, 1.54) is 27.0 Å². The second kappa shape index (κ2) is 6.79. The van der Waals surface area contributed by atoms with Gasteiger partial charge in [-0.05, 0) is 55.3 Å². The van der Waals surface area contributed by atoms with E-state index < -0.39 is 0 Å². The van der Waals surface area contributed by atoms with Gasteiger partial charge < -0.3 is 10.6 Å². The van der Waals surface area contributed by atoms with E-state index in [1.54, 1.807) is 22.7 Å². The molecule has 0 radical (unpaired) electrons. The predicted octanol–water partition coefficient (Wildman–Crippen LogP) is 5.42. The van der Waals surface area contributed by atoms with Gasteiger partial charge in [0.25, 0.3) is 0 Å². The lowest BCUT2D eigenvalue weighted by molar-refractivity contribution is 0.724. The van der Waals surface area contributed by atoms with E-state index in [0.717, 1.165) is 41.2 Å². The highest BCUT2D eigenvalue weighted by molar-refractivity contribution is 7.19. The Morgan fingerprint density at radius 1 is 1.12 bits per heavy atom. The number of rotatable bonds is 3. The van der Waals surface area contributed by atoms with Crippen LogP contribution in [-0.2, 0) is 0 Å². The maximum absolute atomic E-state index is 4.58. The van der Waals surface area contributed by atoms with Gasteiger partial charge in [-0.15, -0.1) is 22.7 Å². The number of aromatic nitrogens is 2. The third-order valence-corrected chi connectivity index (χ3v) is 6.55. The lowest BCUT2D eigenvalue weighted by Gasteiger charge is -2.07. The van der Waals surface area contributed by atoms with Gasteiger partial charge in [0, 0.05) is 28.7 Å². The minimum atomic E-state index is 0.941. The summed E-state index contributed by atoms with van der Waals surface area (Å²) in [5, 5.41) is 8.24. The quantitative estimate of drug-likeness (QED) is 0.500. The monoisotopic (exact) mass is 378 g/mol. The summed E-state index contributed by atoms with van der Waals surface area (Å²) >= 11 is 3.44. The summed E-state index contributed by atoms with van der Waals surface area (Å²) in [5.74, 6) is 0. The molecular formula is C20H18N4S2. The number of anilines is 2. The van der Waals surface area contributed by atoms with Gasteiger partial charge in [-0.3, -0.25) is 0 Å². The number of allylic oxidation sites excluding steroid dienone is 1. The van der Waals surface area contributed by atoms with Crippen LogP contribution < -0.4 is 10.6 Å². The van der Waals surface area contributed by atoms with Crippen LogP contribution in [0, 0.1) is 0 Å². The smallest absolute Gasteiger partial charge is 0.125 e. The third kappa shape index (κ3) is 3.00. The Kier molecular flexibility index (Phi) is 4.16. The highest BCUT2D eigenvalue weighted by Gasteiger charge is 2.12. The minimum absolute atomic E-state index is 0.941. The molecule has 0 saturated carbocycles. The van der Waals surface area contributed by atoms with Crippen molar-refractivity contribution < 1.29 is 0 Å². The maximum atomic E-state index is 4.58. The van der Waals surface area contributed by atoms with Crippen LogP contribution in [-0.4, -0.2) is 23.1 Å². The van der Waals surface area contributed by atoms with Crippen molar-refractivity contribution in [3.63, 3.8) is 0 Å². The second-order valence-electron chi connectivity index (χ2n) is 6.40. The Bertz CT molecular complexity index is 1110. The van der Waals surface area contributed by atoms with Crippen molar-refractivity contribution in [3.05, 3.63) is 53.0 Å². The van der Waals surface area contributed by atoms with Crippen molar-refractivity contribution in [3.8, 4) is 0 Å². The maximum Gasteiger partial charge on any atom is 0.125 e. The number of thiophene rings is 1. The molecule has 6 heteroatoms. The Morgan fingerprint density at radius 3 is 3.12 bits per heavy atom. The predicted molar refractivity (Wildman–Crippen MR) is 113 cm³/mol. The molecule has 0 spiro atoms. The number of nitrogens with one attached hydrogen (secondary N) is 2. The normalized spacial score (nSPS) is 15.2. The molecule has 0 unspecified atom stereocenters. The van der Waals surface area contributed by atoms with Crippen molar-refractivity contribution in [2.45, 2.75) is 12.8 Å². The summed E-state index contributed by atoms with van der Waals surface area (Å²) in [6, 6.07) is 10.6. The Balaban J connectivity index is 1.52. The molecule has 0 amide bonds. The van der Waals surface area contributed by atoms with Gasteiger partial charge in [0.15, 0.2) is 0 Å². The zero-order chi connectivity index (χ0) is 17.3. The molecule has 0 atom stereocenters. The second-order valence-corrected chi connectivity index (χ2v) is 8.31. The number of benzene rings is 1. The first-order valence-electron chi connectivity index (χ1n) is 8.76. The fraction of sp³-hybridized carbons (Fsp3) is 0.200. The molecular weight excluding hydrogens is 360 g/mol. The highest BCUT2D eigenvalue weighted by atomic mass is 32.1. The van der Waals surface area contributed by atoms with Gasteiger partial charge in [0.2, 0.25) is 0 Å². The fourth-order valence-corrected chi connectivity index (χ4v) is 5.01. The summed E-state index contributed by atoms with van der Waals surface area (Å²) in [7, 11) is 0. The highest BCUT2D eigenvalue weighted by Crippen LogP contribution is 2.35. The van der Waals surface area contributed by atoms with Crippen LogP contribution >= 0.6 is 22.7 Å². The van der Waals surface area contributed by atoms with Gasteiger partial charge >= 0.3 is 0 Å². The third-order valence-electron chi connectivity index (χ3n) is 4.63. The first-order valence-corrected chi connectivity index (χ1v) is 10.5. The molecule has 0 saturated heterocycles. The summed E-state index contributed by atoms with van der Waals surface area (Å²) in [5.41, 5.74) is 6.46. The molecule has 26 heavy (non-hydrogen) atoms. The van der Waals surface area contributed by atoms with Crippen LogP contribution in [0.2, 0.25) is 0 Å². The SMILES string of the molecule is C1=C(c2cc3c(Nc4ccc5scnc5c4)ccnc3s2)CNCCC1. The summed E-state index contributed by atoms with van der Waals surface area (Å²) in [4.78, 5) is 11.4. The largest absolute Gasteiger partial charge is 0.355 e.